The molecule has 1 heterocycles. The molecule has 0 aliphatic carbocycles. The zero-order chi connectivity index (χ0) is 13.0. The number of rotatable bonds is 2. The number of hydrogen-bond donors (Lipinski definition) is 1. The maximum Gasteiger partial charge on any atom is 0.322 e. The van der Waals surface area contributed by atoms with Gasteiger partial charge in [0.25, 0.3) is 0 Å². The quantitative estimate of drug-likeness (QED) is 0.870. The molecule has 1 N–H and O–H groups in total. The second-order valence-electron chi connectivity index (χ2n) is 4.69. The van der Waals surface area contributed by atoms with E-state index < -0.39 is 0 Å². The minimum Gasteiger partial charge on any atom is -0.322 e. The molecule has 2 rings (SSSR count). The third-order valence-corrected chi connectivity index (χ3v) is 3.98. The maximum atomic E-state index is 12.2. The minimum atomic E-state index is 0.0314. The van der Waals surface area contributed by atoms with E-state index in [4.69, 9.17) is 0 Å². The number of piperidine rings is 1. The van der Waals surface area contributed by atoms with Gasteiger partial charge in [-0.3, -0.25) is 0 Å². The molecule has 0 spiro atoms. The van der Waals surface area contributed by atoms with E-state index in [2.05, 4.69) is 28.2 Å². The highest BCUT2D eigenvalue weighted by Gasteiger charge is 2.25. The lowest BCUT2D eigenvalue weighted by molar-refractivity contribution is 0.160. The van der Waals surface area contributed by atoms with Crippen LogP contribution in [0.1, 0.15) is 32.6 Å². The summed E-state index contributed by atoms with van der Waals surface area (Å²) >= 11 is 3.39. The third-order valence-electron chi connectivity index (χ3n) is 3.45. The Balaban J connectivity index is 2.00. The number of nitrogens with one attached hydrogen (secondary N) is 1. The Morgan fingerprint density at radius 2 is 2.11 bits per heavy atom. The van der Waals surface area contributed by atoms with E-state index in [-0.39, 0.29) is 6.03 Å². The van der Waals surface area contributed by atoms with E-state index in [1.54, 1.807) is 0 Å². The van der Waals surface area contributed by atoms with Crippen molar-refractivity contribution in [1.29, 1.82) is 0 Å². The number of amides is 2. The number of likely N-dealkylation sites (tertiary alicyclic amines) is 1. The highest BCUT2D eigenvalue weighted by Crippen LogP contribution is 2.21. The predicted molar refractivity (Wildman–Crippen MR) is 77.8 cm³/mol. The minimum absolute atomic E-state index is 0.0314. The first-order chi connectivity index (χ1) is 8.70. The van der Waals surface area contributed by atoms with Gasteiger partial charge in [0, 0.05) is 22.7 Å². The fraction of sp³-hybridized carbons (Fsp3) is 0.500. The molecule has 0 unspecified atom stereocenters. The van der Waals surface area contributed by atoms with E-state index in [9.17, 15) is 4.79 Å². The fourth-order valence-corrected chi connectivity index (χ4v) is 2.69. The lowest BCUT2D eigenvalue weighted by atomic mass is 10.0. The number of nitrogens with zero attached hydrogens (tertiary/aromatic N) is 1. The maximum absolute atomic E-state index is 12.2. The van der Waals surface area contributed by atoms with Crippen LogP contribution in [0.3, 0.4) is 0 Å². The van der Waals surface area contributed by atoms with E-state index in [1.807, 2.05) is 29.2 Å². The van der Waals surface area contributed by atoms with Gasteiger partial charge in [0.05, 0.1) is 0 Å². The number of carbonyl (C=O) groups excluding carboxylic acids is 1. The fourth-order valence-electron chi connectivity index (χ4n) is 2.42. The van der Waals surface area contributed by atoms with Crippen LogP contribution in [0.5, 0.6) is 0 Å². The van der Waals surface area contributed by atoms with Crippen LogP contribution in [0.25, 0.3) is 0 Å². The average molecular weight is 311 g/mol. The zero-order valence-corrected chi connectivity index (χ0v) is 12.2. The van der Waals surface area contributed by atoms with Gasteiger partial charge in [-0.25, -0.2) is 4.79 Å². The summed E-state index contributed by atoms with van der Waals surface area (Å²) in [5, 5.41) is 2.97. The topological polar surface area (TPSA) is 32.3 Å². The highest BCUT2D eigenvalue weighted by molar-refractivity contribution is 9.10. The first kappa shape index (κ1) is 13.4. The molecule has 4 heteroatoms. The van der Waals surface area contributed by atoms with Gasteiger partial charge >= 0.3 is 6.03 Å². The van der Waals surface area contributed by atoms with Crippen molar-refractivity contribution >= 4 is 27.6 Å². The van der Waals surface area contributed by atoms with Crippen LogP contribution in [0.4, 0.5) is 10.5 Å². The number of halogens is 1. The second kappa shape index (κ2) is 6.23. The summed E-state index contributed by atoms with van der Waals surface area (Å²) in [5.74, 6) is 0. The van der Waals surface area contributed by atoms with Gasteiger partial charge in [-0.1, -0.05) is 22.9 Å². The first-order valence-electron chi connectivity index (χ1n) is 6.54. The van der Waals surface area contributed by atoms with Crippen LogP contribution in [0.15, 0.2) is 28.7 Å². The summed E-state index contributed by atoms with van der Waals surface area (Å²) in [4.78, 5) is 14.2. The van der Waals surface area contributed by atoms with Gasteiger partial charge in [-0.2, -0.15) is 0 Å². The molecular weight excluding hydrogens is 292 g/mol. The van der Waals surface area contributed by atoms with Crippen molar-refractivity contribution in [3.63, 3.8) is 0 Å². The Bertz CT molecular complexity index is 405. The van der Waals surface area contributed by atoms with Crippen LogP contribution in [0.2, 0.25) is 0 Å². The molecule has 1 fully saturated rings. The Labute approximate surface area is 117 Å². The summed E-state index contributed by atoms with van der Waals surface area (Å²) < 4.78 is 1.02. The normalized spacial score (nSPS) is 19.7. The summed E-state index contributed by atoms with van der Waals surface area (Å²) in [5.41, 5.74) is 0.851. The molecule has 0 aromatic heterocycles. The highest BCUT2D eigenvalue weighted by atomic mass is 79.9. The van der Waals surface area contributed by atoms with Crippen LogP contribution in [0, 0.1) is 0 Å². The standard InChI is InChI=1S/C14H19BrN2O/c1-2-13-5-3-4-10-17(13)14(18)16-12-8-6-11(15)7-9-12/h6-9,13H,2-5,10H2,1H3,(H,16,18)/t13-/m0/s1. The van der Waals surface area contributed by atoms with Crippen LogP contribution < -0.4 is 5.32 Å². The van der Waals surface area contributed by atoms with E-state index in [0.29, 0.717) is 6.04 Å². The number of hydrogen-bond acceptors (Lipinski definition) is 1. The molecular formula is C14H19BrN2O. The summed E-state index contributed by atoms with van der Waals surface area (Å²) in [6.45, 7) is 3.02. The van der Waals surface area contributed by atoms with Crippen molar-refractivity contribution < 1.29 is 4.79 Å². The summed E-state index contributed by atoms with van der Waals surface area (Å²) in [6.07, 6.45) is 4.52. The molecule has 1 aromatic rings. The van der Waals surface area contributed by atoms with Crippen LogP contribution in [-0.4, -0.2) is 23.5 Å². The average Bonchev–Trinajstić information content (AvgIpc) is 2.41. The monoisotopic (exact) mass is 310 g/mol. The Morgan fingerprint density at radius 1 is 1.39 bits per heavy atom. The van der Waals surface area contributed by atoms with E-state index in [0.717, 1.165) is 36.0 Å². The third kappa shape index (κ3) is 3.25. The number of urea groups is 1. The molecule has 1 saturated heterocycles. The van der Waals surface area contributed by atoms with Crippen molar-refractivity contribution in [2.24, 2.45) is 0 Å². The number of benzene rings is 1. The number of carbonyl (C=O) groups is 1. The lowest BCUT2D eigenvalue weighted by Gasteiger charge is -2.35. The molecule has 0 bridgehead atoms. The molecule has 1 aromatic carbocycles. The van der Waals surface area contributed by atoms with Crippen molar-refractivity contribution in [2.45, 2.75) is 38.6 Å². The SMILES string of the molecule is CC[C@H]1CCCCN1C(=O)Nc1ccc(Br)cc1. The van der Waals surface area contributed by atoms with Crippen LogP contribution >= 0.6 is 15.9 Å². The molecule has 2 amide bonds. The largest absolute Gasteiger partial charge is 0.322 e. The van der Waals surface area contributed by atoms with E-state index in [1.165, 1.54) is 6.42 Å². The first-order valence-corrected chi connectivity index (χ1v) is 7.33. The molecule has 3 nitrogen and oxygen atoms in total. The molecule has 1 atom stereocenters. The van der Waals surface area contributed by atoms with Gasteiger partial charge in [0.15, 0.2) is 0 Å². The Kier molecular flexibility index (Phi) is 4.64. The van der Waals surface area contributed by atoms with Crippen LogP contribution in [-0.2, 0) is 0 Å². The summed E-state index contributed by atoms with van der Waals surface area (Å²) in [7, 11) is 0. The van der Waals surface area contributed by atoms with E-state index >= 15 is 0 Å². The molecule has 98 valence electrons. The molecule has 18 heavy (non-hydrogen) atoms. The molecule has 0 saturated carbocycles. The smallest absolute Gasteiger partial charge is 0.322 e. The second-order valence-corrected chi connectivity index (χ2v) is 5.60. The van der Waals surface area contributed by atoms with Gasteiger partial charge in [0.1, 0.15) is 0 Å². The van der Waals surface area contributed by atoms with Crippen molar-refractivity contribution in [2.75, 3.05) is 11.9 Å². The van der Waals surface area contributed by atoms with Gasteiger partial charge < -0.3 is 10.2 Å². The summed E-state index contributed by atoms with van der Waals surface area (Å²) in [6, 6.07) is 8.12. The van der Waals surface area contributed by atoms with Crippen molar-refractivity contribution in [1.82, 2.24) is 4.90 Å². The predicted octanol–water partition coefficient (Wildman–Crippen LogP) is 4.25. The molecule has 1 aliphatic rings. The van der Waals surface area contributed by atoms with Gasteiger partial charge in [-0.15, -0.1) is 0 Å². The molecule has 1 aliphatic heterocycles. The van der Waals surface area contributed by atoms with Gasteiger partial charge in [0.2, 0.25) is 0 Å². The zero-order valence-electron chi connectivity index (χ0n) is 10.7. The molecule has 0 radical (unpaired) electrons. The Hall–Kier alpha value is -1.03. The lowest BCUT2D eigenvalue weighted by Crippen LogP contribution is -2.45. The van der Waals surface area contributed by atoms with Crippen molar-refractivity contribution in [3.05, 3.63) is 28.7 Å². The van der Waals surface area contributed by atoms with Crippen molar-refractivity contribution in [3.8, 4) is 0 Å². The van der Waals surface area contributed by atoms with Gasteiger partial charge in [-0.05, 0) is 49.9 Å². The Morgan fingerprint density at radius 3 is 2.78 bits per heavy atom. The number of anilines is 1.